The zero-order valence-electron chi connectivity index (χ0n) is 23.0. The van der Waals surface area contributed by atoms with Gasteiger partial charge in [0.15, 0.2) is 4.80 Å². The van der Waals surface area contributed by atoms with Crippen molar-refractivity contribution in [1.82, 2.24) is 4.57 Å². The molecule has 10 heteroatoms. The standard InChI is InChI=1S/C31H29N3O6S/c1-5-7-16-33-23-11-9-8-10-22(23)25(28(33)36)27-29(37)34-26(20-12-14-21(15-13-20)40-19(4)35)24(30(38)39-17-6-2)18(3)32-31(34)41-27/h6,8-15,26H,2,5,7,16-17H2,1,3-4H3/b27-25+/t26-/m0/s1. The Balaban J connectivity index is 1.73. The van der Waals surface area contributed by atoms with Gasteiger partial charge < -0.3 is 14.4 Å². The van der Waals surface area contributed by atoms with Crippen LogP contribution in [0.4, 0.5) is 5.69 Å². The maximum Gasteiger partial charge on any atom is 0.338 e. The zero-order chi connectivity index (χ0) is 29.3. The van der Waals surface area contributed by atoms with E-state index in [1.807, 2.05) is 24.3 Å². The molecule has 0 radical (unpaired) electrons. The molecular weight excluding hydrogens is 542 g/mol. The molecule has 1 aromatic heterocycles. The predicted molar refractivity (Wildman–Crippen MR) is 155 cm³/mol. The lowest BCUT2D eigenvalue weighted by Gasteiger charge is -2.24. The molecule has 0 fully saturated rings. The minimum Gasteiger partial charge on any atom is -0.458 e. The number of nitrogens with zero attached hydrogens (tertiary/aromatic N) is 3. The lowest BCUT2D eigenvalue weighted by Crippen LogP contribution is -2.41. The van der Waals surface area contributed by atoms with E-state index < -0.39 is 23.5 Å². The number of unbranched alkanes of at least 4 members (excludes halogenated alkanes) is 1. The topological polar surface area (TPSA) is 107 Å². The highest BCUT2D eigenvalue weighted by atomic mass is 32.1. The first-order valence-corrected chi connectivity index (χ1v) is 14.1. The van der Waals surface area contributed by atoms with Gasteiger partial charge in [0.2, 0.25) is 0 Å². The summed E-state index contributed by atoms with van der Waals surface area (Å²) in [6, 6.07) is 13.1. The van der Waals surface area contributed by atoms with Crippen molar-refractivity contribution >= 4 is 40.4 Å². The molecule has 2 aromatic carbocycles. The van der Waals surface area contributed by atoms with Gasteiger partial charge in [-0.1, -0.05) is 67.7 Å². The first kappa shape index (κ1) is 28.0. The molecule has 0 aliphatic carbocycles. The van der Waals surface area contributed by atoms with Crippen LogP contribution >= 0.6 is 11.3 Å². The number of allylic oxidation sites excluding steroid dienone is 1. The quantitative estimate of drug-likeness (QED) is 0.233. The Hall–Kier alpha value is -4.57. The third kappa shape index (κ3) is 5.06. The summed E-state index contributed by atoms with van der Waals surface area (Å²) in [4.78, 5) is 59.4. The van der Waals surface area contributed by atoms with Crippen molar-refractivity contribution in [2.24, 2.45) is 4.99 Å². The number of carbonyl (C=O) groups is 3. The molecule has 210 valence electrons. The fraction of sp³-hybridized carbons (Fsp3) is 0.258. The number of rotatable bonds is 8. The average Bonchev–Trinajstić information content (AvgIpc) is 3.41. The van der Waals surface area contributed by atoms with Gasteiger partial charge in [-0.3, -0.25) is 19.0 Å². The van der Waals surface area contributed by atoms with Crippen molar-refractivity contribution in [2.45, 2.75) is 39.7 Å². The zero-order valence-corrected chi connectivity index (χ0v) is 23.8. The van der Waals surface area contributed by atoms with E-state index in [0.29, 0.717) is 39.5 Å². The van der Waals surface area contributed by atoms with E-state index >= 15 is 0 Å². The number of ether oxygens (including phenoxy) is 2. The Bertz CT molecular complexity index is 1780. The number of esters is 2. The molecule has 3 aromatic rings. The van der Waals surface area contributed by atoms with Crippen molar-refractivity contribution in [3.63, 3.8) is 0 Å². The molecule has 0 saturated carbocycles. The maximum absolute atomic E-state index is 14.2. The van der Waals surface area contributed by atoms with Crippen LogP contribution in [0.5, 0.6) is 5.75 Å². The van der Waals surface area contributed by atoms with Gasteiger partial charge in [-0.05, 0) is 37.1 Å². The van der Waals surface area contributed by atoms with Crippen LogP contribution in [-0.4, -0.2) is 35.6 Å². The van der Waals surface area contributed by atoms with Gasteiger partial charge in [-0.25, -0.2) is 9.79 Å². The summed E-state index contributed by atoms with van der Waals surface area (Å²) in [7, 11) is 0. The highest BCUT2D eigenvalue weighted by Crippen LogP contribution is 2.36. The number of thiazole rings is 1. The van der Waals surface area contributed by atoms with E-state index in [1.54, 1.807) is 36.1 Å². The monoisotopic (exact) mass is 571 g/mol. The highest BCUT2D eigenvalue weighted by molar-refractivity contribution is 7.07. The molecule has 9 nitrogen and oxygen atoms in total. The summed E-state index contributed by atoms with van der Waals surface area (Å²) in [6.07, 6.45) is 3.21. The highest BCUT2D eigenvalue weighted by Gasteiger charge is 2.37. The Labute approximate surface area is 240 Å². The van der Waals surface area contributed by atoms with Gasteiger partial charge in [-0.15, -0.1) is 0 Å². The average molecular weight is 572 g/mol. The van der Waals surface area contributed by atoms with Gasteiger partial charge >= 0.3 is 11.9 Å². The van der Waals surface area contributed by atoms with E-state index in [9.17, 15) is 19.2 Å². The summed E-state index contributed by atoms with van der Waals surface area (Å²) in [5, 5.41) is 0. The number of hydrogen-bond donors (Lipinski definition) is 0. The molecule has 0 saturated heterocycles. The molecule has 0 N–H and O–H groups in total. The molecular formula is C31H29N3O6S. The largest absolute Gasteiger partial charge is 0.458 e. The maximum atomic E-state index is 14.2. The van der Waals surface area contributed by atoms with Crippen LogP contribution in [0.15, 0.2) is 82.2 Å². The van der Waals surface area contributed by atoms with Crippen molar-refractivity contribution in [2.75, 3.05) is 18.1 Å². The Morgan fingerprint density at radius 1 is 1.12 bits per heavy atom. The first-order chi connectivity index (χ1) is 19.8. The summed E-state index contributed by atoms with van der Waals surface area (Å²) in [6.45, 7) is 9.19. The van der Waals surface area contributed by atoms with Crippen LogP contribution < -0.4 is 24.5 Å². The molecule has 2 aliphatic heterocycles. The molecule has 5 rings (SSSR count). The molecule has 0 spiro atoms. The number of carbonyl (C=O) groups excluding carboxylic acids is 3. The summed E-state index contributed by atoms with van der Waals surface area (Å²) in [5.74, 6) is -1.00. The fourth-order valence-corrected chi connectivity index (χ4v) is 6.22. The Morgan fingerprint density at radius 3 is 2.54 bits per heavy atom. The van der Waals surface area contributed by atoms with Crippen LogP contribution in [0.1, 0.15) is 50.8 Å². The molecule has 0 bridgehead atoms. The molecule has 2 aliphatic rings. The SMILES string of the molecule is C=CCOC(=O)C1=C(C)N=c2s/c(=C3/C(=O)N(CCCC)c4ccccc43)c(=O)n2[C@H]1c1ccc(OC(C)=O)cc1. The van der Waals surface area contributed by atoms with Crippen LogP contribution in [-0.2, 0) is 19.1 Å². The number of benzene rings is 2. The third-order valence-corrected chi connectivity index (χ3v) is 7.95. The lowest BCUT2D eigenvalue weighted by molar-refractivity contribution is -0.138. The van der Waals surface area contributed by atoms with Gasteiger partial charge in [0, 0.05) is 19.0 Å². The van der Waals surface area contributed by atoms with Crippen LogP contribution in [0.2, 0.25) is 0 Å². The summed E-state index contributed by atoms with van der Waals surface area (Å²) in [5.41, 5.74) is 2.55. The number of aromatic nitrogens is 1. The van der Waals surface area contributed by atoms with Gasteiger partial charge in [-0.2, -0.15) is 0 Å². The Morgan fingerprint density at radius 2 is 1.85 bits per heavy atom. The van der Waals surface area contributed by atoms with E-state index in [2.05, 4.69) is 18.5 Å². The number of anilines is 1. The normalized spacial score (nSPS) is 17.1. The van der Waals surface area contributed by atoms with Crippen LogP contribution in [0, 0.1) is 0 Å². The first-order valence-electron chi connectivity index (χ1n) is 13.3. The predicted octanol–water partition coefficient (Wildman–Crippen LogP) is 3.41. The van der Waals surface area contributed by atoms with Gasteiger partial charge in [0.05, 0.1) is 28.6 Å². The van der Waals surface area contributed by atoms with Crippen molar-refractivity contribution in [1.29, 1.82) is 0 Å². The third-order valence-electron chi connectivity index (χ3n) is 6.89. The van der Waals surface area contributed by atoms with E-state index in [4.69, 9.17) is 9.47 Å². The summed E-state index contributed by atoms with van der Waals surface area (Å²) >= 11 is 1.13. The molecule has 41 heavy (non-hydrogen) atoms. The second kappa shape index (κ2) is 11.5. The van der Waals surface area contributed by atoms with Crippen LogP contribution in [0.25, 0.3) is 5.57 Å². The number of fused-ring (bicyclic) bond motifs is 2. The minimum absolute atomic E-state index is 0.0127. The van der Waals surface area contributed by atoms with E-state index in [-0.39, 0.29) is 22.6 Å². The second-order valence-electron chi connectivity index (χ2n) is 9.65. The lowest BCUT2D eigenvalue weighted by atomic mass is 9.96. The molecule has 1 amide bonds. The van der Waals surface area contributed by atoms with Crippen molar-refractivity contribution < 1.29 is 23.9 Å². The van der Waals surface area contributed by atoms with Crippen molar-refractivity contribution in [3.05, 3.63) is 103 Å². The smallest absolute Gasteiger partial charge is 0.338 e. The van der Waals surface area contributed by atoms with Gasteiger partial charge in [0.25, 0.3) is 11.5 Å². The van der Waals surface area contributed by atoms with E-state index in [1.165, 1.54) is 17.6 Å². The van der Waals surface area contributed by atoms with Gasteiger partial charge in [0.1, 0.15) is 16.9 Å². The molecule has 3 heterocycles. The molecule has 0 unspecified atom stereocenters. The summed E-state index contributed by atoms with van der Waals surface area (Å²) < 4.78 is 12.3. The molecule has 1 atom stereocenters. The van der Waals surface area contributed by atoms with E-state index in [0.717, 1.165) is 29.9 Å². The van der Waals surface area contributed by atoms with Crippen molar-refractivity contribution in [3.8, 4) is 5.75 Å². The number of amides is 1. The number of para-hydroxylation sites is 1. The second-order valence-corrected chi connectivity index (χ2v) is 10.6. The fourth-order valence-electron chi connectivity index (χ4n) is 5.08. The van der Waals surface area contributed by atoms with Crippen LogP contribution in [0.3, 0.4) is 0 Å². The minimum atomic E-state index is -0.882. The Kier molecular flexibility index (Phi) is 7.85. The number of hydrogen-bond acceptors (Lipinski definition) is 8.